The van der Waals surface area contributed by atoms with Gasteiger partial charge in [0.25, 0.3) is 0 Å². The van der Waals surface area contributed by atoms with E-state index in [-0.39, 0.29) is 18.7 Å². The summed E-state index contributed by atoms with van der Waals surface area (Å²) < 4.78 is 15.7. The predicted molar refractivity (Wildman–Crippen MR) is 78.0 cm³/mol. The van der Waals surface area contributed by atoms with E-state index in [1.165, 1.54) is 7.11 Å². The fraction of sp³-hybridized carbons (Fsp3) is 0.375. The molecule has 0 bridgehead atoms. The predicted octanol–water partition coefficient (Wildman–Crippen LogP) is 3.18. The molecular formula is C16H17NO4. The largest absolute Gasteiger partial charge is 0.465 e. The van der Waals surface area contributed by atoms with Crippen LogP contribution in [0.1, 0.15) is 41.4 Å². The van der Waals surface area contributed by atoms with E-state index in [9.17, 15) is 4.79 Å². The number of pyridine rings is 1. The van der Waals surface area contributed by atoms with Crippen LogP contribution in [0.25, 0.3) is 10.9 Å². The molecule has 0 spiro atoms. The fourth-order valence-corrected chi connectivity index (χ4v) is 2.61. The average molecular weight is 287 g/mol. The SMILES string of the molecule is COC(=O)c1c(C(C)C)nc2cc3c(cc2c1C)OCO3. The number of aromatic nitrogens is 1. The van der Waals surface area contributed by atoms with E-state index in [1.807, 2.05) is 32.9 Å². The quantitative estimate of drug-likeness (QED) is 0.794. The Kier molecular flexibility index (Phi) is 3.20. The van der Waals surface area contributed by atoms with Crippen molar-refractivity contribution in [1.82, 2.24) is 4.98 Å². The van der Waals surface area contributed by atoms with Crippen LogP contribution in [0.15, 0.2) is 12.1 Å². The molecule has 5 nitrogen and oxygen atoms in total. The van der Waals surface area contributed by atoms with Crippen molar-refractivity contribution in [2.24, 2.45) is 0 Å². The molecule has 110 valence electrons. The summed E-state index contributed by atoms with van der Waals surface area (Å²) >= 11 is 0. The minimum absolute atomic E-state index is 0.118. The van der Waals surface area contributed by atoms with Gasteiger partial charge in [0.1, 0.15) is 0 Å². The maximum Gasteiger partial charge on any atom is 0.340 e. The van der Waals surface area contributed by atoms with Gasteiger partial charge in [0.05, 0.1) is 23.9 Å². The number of hydrogen-bond acceptors (Lipinski definition) is 5. The lowest BCUT2D eigenvalue weighted by Gasteiger charge is -2.15. The molecule has 5 heteroatoms. The maximum atomic E-state index is 12.1. The zero-order valence-corrected chi connectivity index (χ0v) is 12.5. The van der Waals surface area contributed by atoms with Crippen LogP contribution in [0, 0.1) is 6.92 Å². The first-order valence-corrected chi connectivity index (χ1v) is 6.85. The van der Waals surface area contributed by atoms with E-state index in [1.54, 1.807) is 0 Å². The van der Waals surface area contributed by atoms with Crippen molar-refractivity contribution in [3.63, 3.8) is 0 Å². The molecule has 2 aromatic rings. The molecule has 0 N–H and O–H groups in total. The summed E-state index contributed by atoms with van der Waals surface area (Å²) in [6.07, 6.45) is 0. The number of hydrogen-bond donors (Lipinski definition) is 0. The van der Waals surface area contributed by atoms with Crippen molar-refractivity contribution in [2.75, 3.05) is 13.9 Å². The second-order valence-corrected chi connectivity index (χ2v) is 5.37. The van der Waals surface area contributed by atoms with Crippen molar-refractivity contribution in [3.05, 3.63) is 29.0 Å². The number of aryl methyl sites for hydroxylation is 1. The van der Waals surface area contributed by atoms with E-state index < -0.39 is 0 Å². The molecular weight excluding hydrogens is 270 g/mol. The van der Waals surface area contributed by atoms with Crippen molar-refractivity contribution >= 4 is 16.9 Å². The molecule has 0 saturated heterocycles. The molecule has 0 fully saturated rings. The molecule has 1 aromatic carbocycles. The molecule has 0 unspecified atom stereocenters. The Morgan fingerprint density at radius 2 is 1.95 bits per heavy atom. The number of fused-ring (bicyclic) bond motifs is 2. The summed E-state index contributed by atoms with van der Waals surface area (Å²) in [5.74, 6) is 1.13. The number of benzene rings is 1. The van der Waals surface area contributed by atoms with Gasteiger partial charge in [-0.15, -0.1) is 0 Å². The van der Waals surface area contributed by atoms with Gasteiger partial charge < -0.3 is 14.2 Å². The molecule has 1 aliphatic rings. The third-order valence-electron chi connectivity index (χ3n) is 3.70. The highest BCUT2D eigenvalue weighted by molar-refractivity contribution is 5.99. The lowest BCUT2D eigenvalue weighted by molar-refractivity contribution is 0.0598. The fourth-order valence-electron chi connectivity index (χ4n) is 2.61. The second-order valence-electron chi connectivity index (χ2n) is 5.37. The first-order chi connectivity index (χ1) is 10.0. The van der Waals surface area contributed by atoms with Crippen LogP contribution < -0.4 is 9.47 Å². The molecule has 0 radical (unpaired) electrons. The summed E-state index contributed by atoms with van der Waals surface area (Å²) in [4.78, 5) is 16.8. The van der Waals surface area contributed by atoms with Gasteiger partial charge in [-0.1, -0.05) is 13.8 Å². The highest BCUT2D eigenvalue weighted by Gasteiger charge is 2.23. The minimum Gasteiger partial charge on any atom is -0.465 e. The molecule has 0 saturated carbocycles. The normalized spacial score (nSPS) is 13.0. The Morgan fingerprint density at radius 3 is 2.57 bits per heavy atom. The standard InChI is InChI=1S/C16H17NO4/c1-8(2)15-14(16(18)19-4)9(3)10-5-12-13(21-7-20-12)6-11(10)17-15/h5-6,8H,7H2,1-4H3. The molecule has 0 amide bonds. The summed E-state index contributed by atoms with van der Waals surface area (Å²) in [5, 5.41) is 0.879. The summed E-state index contributed by atoms with van der Waals surface area (Å²) in [7, 11) is 1.38. The van der Waals surface area contributed by atoms with Gasteiger partial charge in [-0.05, 0) is 24.5 Å². The molecule has 21 heavy (non-hydrogen) atoms. The van der Waals surface area contributed by atoms with Gasteiger partial charge in [-0.3, -0.25) is 4.98 Å². The van der Waals surface area contributed by atoms with Crippen LogP contribution in [0.2, 0.25) is 0 Å². The van der Waals surface area contributed by atoms with Crippen LogP contribution in [0.5, 0.6) is 11.5 Å². The van der Waals surface area contributed by atoms with Gasteiger partial charge in [-0.25, -0.2) is 4.79 Å². The average Bonchev–Trinajstić information content (AvgIpc) is 2.91. The third kappa shape index (κ3) is 2.09. The van der Waals surface area contributed by atoms with Crippen LogP contribution in [-0.4, -0.2) is 24.9 Å². The zero-order valence-electron chi connectivity index (χ0n) is 12.5. The van der Waals surface area contributed by atoms with Gasteiger partial charge in [0.15, 0.2) is 11.5 Å². The number of nitrogens with zero attached hydrogens (tertiary/aromatic N) is 1. The van der Waals surface area contributed by atoms with Crippen LogP contribution >= 0.6 is 0 Å². The monoisotopic (exact) mass is 287 g/mol. The summed E-state index contributed by atoms with van der Waals surface area (Å²) in [6.45, 7) is 6.13. The molecule has 2 heterocycles. The summed E-state index contributed by atoms with van der Waals surface area (Å²) in [6, 6.07) is 3.73. The number of methoxy groups -OCH3 is 1. The van der Waals surface area contributed by atoms with Gasteiger partial charge in [0.2, 0.25) is 6.79 Å². The summed E-state index contributed by atoms with van der Waals surface area (Å²) in [5.41, 5.74) is 2.94. The first-order valence-electron chi connectivity index (χ1n) is 6.85. The number of esters is 1. The van der Waals surface area contributed by atoms with Gasteiger partial charge in [0, 0.05) is 11.5 Å². The Bertz CT molecular complexity index is 737. The minimum atomic E-state index is -0.358. The van der Waals surface area contributed by atoms with Gasteiger partial charge >= 0.3 is 5.97 Å². The van der Waals surface area contributed by atoms with E-state index in [0.717, 1.165) is 22.2 Å². The lowest BCUT2D eigenvalue weighted by atomic mass is 9.96. The number of carbonyl (C=O) groups excluding carboxylic acids is 1. The van der Waals surface area contributed by atoms with E-state index in [4.69, 9.17) is 14.2 Å². The highest BCUT2D eigenvalue weighted by atomic mass is 16.7. The Morgan fingerprint density at radius 1 is 1.29 bits per heavy atom. The molecule has 1 aliphatic heterocycles. The van der Waals surface area contributed by atoms with Crippen molar-refractivity contribution < 1.29 is 19.0 Å². The van der Waals surface area contributed by atoms with Crippen molar-refractivity contribution in [3.8, 4) is 11.5 Å². The van der Waals surface area contributed by atoms with Crippen LogP contribution in [-0.2, 0) is 4.74 Å². The number of rotatable bonds is 2. The Hall–Kier alpha value is -2.30. The zero-order chi connectivity index (χ0) is 15.1. The van der Waals surface area contributed by atoms with Crippen LogP contribution in [0.3, 0.4) is 0 Å². The first kappa shape index (κ1) is 13.7. The lowest BCUT2D eigenvalue weighted by Crippen LogP contribution is -2.12. The number of ether oxygens (including phenoxy) is 3. The van der Waals surface area contributed by atoms with E-state index in [2.05, 4.69) is 4.98 Å². The van der Waals surface area contributed by atoms with Crippen molar-refractivity contribution in [1.29, 1.82) is 0 Å². The van der Waals surface area contributed by atoms with Crippen LogP contribution in [0.4, 0.5) is 0 Å². The smallest absolute Gasteiger partial charge is 0.340 e. The van der Waals surface area contributed by atoms with Crippen molar-refractivity contribution in [2.45, 2.75) is 26.7 Å². The second kappa shape index (κ2) is 4.91. The highest BCUT2D eigenvalue weighted by Crippen LogP contribution is 2.38. The molecule has 0 aliphatic carbocycles. The topological polar surface area (TPSA) is 57.7 Å². The Balaban J connectivity index is 2.34. The van der Waals surface area contributed by atoms with E-state index in [0.29, 0.717) is 17.1 Å². The maximum absolute atomic E-state index is 12.1. The third-order valence-corrected chi connectivity index (χ3v) is 3.70. The number of carbonyl (C=O) groups is 1. The molecule has 1 aromatic heterocycles. The van der Waals surface area contributed by atoms with E-state index >= 15 is 0 Å². The molecule has 0 atom stereocenters. The molecule has 3 rings (SSSR count). The Labute approximate surface area is 122 Å². The van der Waals surface area contributed by atoms with Gasteiger partial charge in [-0.2, -0.15) is 0 Å².